The molecule has 0 rings (SSSR count). The van der Waals surface area contributed by atoms with Gasteiger partial charge in [-0.1, -0.05) is 19.9 Å². The minimum atomic E-state index is -1.94. The molecule has 0 aromatic rings. The van der Waals surface area contributed by atoms with Crippen LogP contribution in [0.3, 0.4) is 0 Å². The predicted octanol–water partition coefficient (Wildman–Crippen LogP) is 2.19. The smallest absolute Gasteiger partial charge is 0.336 e. The number of unbranched alkanes of at least 4 members (excludes halogenated alkanes) is 1. The Kier molecular flexibility index (Phi) is 6.10. The van der Waals surface area contributed by atoms with Gasteiger partial charge in [-0.15, -0.1) is 0 Å². The van der Waals surface area contributed by atoms with E-state index in [0.29, 0.717) is 6.42 Å². The highest BCUT2D eigenvalue weighted by atomic mass is 19.2. The van der Waals surface area contributed by atoms with Crippen molar-refractivity contribution in [2.24, 2.45) is 0 Å². The van der Waals surface area contributed by atoms with Crippen molar-refractivity contribution in [3.63, 3.8) is 0 Å². The van der Waals surface area contributed by atoms with E-state index in [1.54, 1.807) is 0 Å². The molecule has 1 unspecified atom stereocenters. The highest BCUT2D eigenvalue weighted by Crippen LogP contribution is 2.07. The Morgan fingerprint density at radius 3 is 2.69 bits per heavy atom. The van der Waals surface area contributed by atoms with Gasteiger partial charge < -0.3 is 4.74 Å². The van der Waals surface area contributed by atoms with Gasteiger partial charge in [-0.3, -0.25) is 0 Å². The summed E-state index contributed by atoms with van der Waals surface area (Å²) in [6, 6.07) is 0. The fourth-order valence-electron chi connectivity index (χ4n) is 0.623. The molecule has 0 aliphatic carbocycles. The first-order valence-corrected chi connectivity index (χ1v) is 4.19. The van der Waals surface area contributed by atoms with Crippen molar-refractivity contribution < 1.29 is 18.3 Å². The molecule has 13 heavy (non-hydrogen) atoms. The highest BCUT2D eigenvalue weighted by Gasteiger charge is 2.18. The fourth-order valence-corrected chi connectivity index (χ4v) is 0.623. The first-order chi connectivity index (χ1) is 6.13. The Balaban J connectivity index is 3.76. The normalized spacial score (nSPS) is 12.2. The van der Waals surface area contributed by atoms with Crippen LogP contribution in [0.5, 0.6) is 0 Å². The maximum Gasteiger partial charge on any atom is 0.336 e. The third kappa shape index (κ3) is 4.60. The number of hydrogen-bond donors (Lipinski definition) is 0. The molecule has 0 amide bonds. The predicted molar refractivity (Wildman–Crippen MR) is 45.9 cm³/mol. The summed E-state index contributed by atoms with van der Waals surface area (Å²) in [4.78, 5) is 10.9. The molecule has 0 spiro atoms. The number of esters is 1. The largest absolute Gasteiger partial charge is 0.462 e. The quantitative estimate of drug-likeness (QED) is 0.366. The molecule has 0 aliphatic heterocycles. The second-order valence-electron chi connectivity index (χ2n) is 2.64. The second kappa shape index (κ2) is 6.57. The molecule has 0 aromatic carbocycles. The molecule has 76 valence electrons. The van der Waals surface area contributed by atoms with Crippen molar-refractivity contribution >= 4 is 5.97 Å². The molecule has 1 atom stereocenters. The lowest BCUT2D eigenvalue weighted by atomic mass is 10.2. The SMILES string of the molecule is C=C(C(=O)OCCCC)C(F)CF. The number of alkyl halides is 2. The van der Waals surface area contributed by atoms with Gasteiger partial charge in [0.2, 0.25) is 0 Å². The van der Waals surface area contributed by atoms with Crippen LogP contribution in [-0.2, 0) is 9.53 Å². The van der Waals surface area contributed by atoms with E-state index in [1.807, 2.05) is 6.92 Å². The Morgan fingerprint density at radius 1 is 1.62 bits per heavy atom. The van der Waals surface area contributed by atoms with Gasteiger partial charge in [0.05, 0.1) is 12.2 Å². The van der Waals surface area contributed by atoms with Crippen molar-refractivity contribution in [2.45, 2.75) is 25.9 Å². The number of rotatable bonds is 6. The van der Waals surface area contributed by atoms with Gasteiger partial charge in [-0.25, -0.2) is 13.6 Å². The van der Waals surface area contributed by atoms with Crippen LogP contribution in [-0.4, -0.2) is 25.4 Å². The number of hydrogen-bond acceptors (Lipinski definition) is 2. The molecule has 0 saturated heterocycles. The molecule has 0 N–H and O–H groups in total. The van der Waals surface area contributed by atoms with Crippen LogP contribution >= 0.6 is 0 Å². The zero-order valence-electron chi connectivity index (χ0n) is 7.69. The zero-order valence-corrected chi connectivity index (χ0v) is 7.69. The van der Waals surface area contributed by atoms with Gasteiger partial charge in [0.1, 0.15) is 6.67 Å². The topological polar surface area (TPSA) is 26.3 Å². The van der Waals surface area contributed by atoms with E-state index in [1.165, 1.54) is 0 Å². The van der Waals surface area contributed by atoms with Crippen LogP contribution in [0.15, 0.2) is 12.2 Å². The average Bonchev–Trinajstić information content (AvgIpc) is 2.15. The standard InChI is InChI=1S/C9H14F2O2/c1-3-4-5-13-9(12)7(2)8(11)6-10/h8H,2-6H2,1H3. The van der Waals surface area contributed by atoms with Gasteiger partial charge in [-0.2, -0.15) is 0 Å². The molecule has 0 aliphatic rings. The highest BCUT2D eigenvalue weighted by molar-refractivity contribution is 5.88. The first kappa shape index (κ1) is 12.1. The molecule has 0 bridgehead atoms. The summed E-state index contributed by atoms with van der Waals surface area (Å²) >= 11 is 0. The molecular formula is C9H14F2O2. The Labute approximate surface area is 76.6 Å². The number of halogens is 2. The molecule has 0 radical (unpaired) electrons. The Bertz CT molecular complexity index is 180. The van der Waals surface area contributed by atoms with Crippen LogP contribution < -0.4 is 0 Å². The lowest BCUT2D eigenvalue weighted by Gasteiger charge is -2.07. The van der Waals surface area contributed by atoms with Gasteiger partial charge >= 0.3 is 5.97 Å². The zero-order chi connectivity index (χ0) is 10.3. The van der Waals surface area contributed by atoms with Gasteiger partial charge in [-0.05, 0) is 6.42 Å². The monoisotopic (exact) mass is 192 g/mol. The first-order valence-electron chi connectivity index (χ1n) is 4.19. The second-order valence-corrected chi connectivity index (χ2v) is 2.64. The summed E-state index contributed by atoms with van der Waals surface area (Å²) in [7, 11) is 0. The molecule has 0 heterocycles. The van der Waals surface area contributed by atoms with Crippen LogP contribution in [0.4, 0.5) is 8.78 Å². The summed E-state index contributed by atoms with van der Waals surface area (Å²) in [6.45, 7) is 4.04. The third-order valence-corrected chi connectivity index (χ3v) is 1.51. The van der Waals surface area contributed by atoms with Gasteiger partial charge in [0.25, 0.3) is 0 Å². The van der Waals surface area contributed by atoms with Crippen molar-refractivity contribution in [3.8, 4) is 0 Å². The molecular weight excluding hydrogens is 178 g/mol. The van der Waals surface area contributed by atoms with E-state index in [0.717, 1.165) is 6.42 Å². The fraction of sp³-hybridized carbons (Fsp3) is 0.667. The van der Waals surface area contributed by atoms with E-state index < -0.39 is 24.4 Å². The lowest BCUT2D eigenvalue weighted by Crippen LogP contribution is -2.17. The van der Waals surface area contributed by atoms with E-state index in [-0.39, 0.29) is 6.61 Å². The van der Waals surface area contributed by atoms with Crippen molar-refractivity contribution in [2.75, 3.05) is 13.3 Å². The van der Waals surface area contributed by atoms with E-state index in [9.17, 15) is 13.6 Å². The Morgan fingerprint density at radius 2 is 2.23 bits per heavy atom. The number of carbonyl (C=O) groups excluding carboxylic acids is 1. The summed E-state index contributed by atoms with van der Waals surface area (Å²) in [6.07, 6.45) is -0.345. The van der Waals surface area contributed by atoms with Crippen molar-refractivity contribution in [3.05, 3.63) is 12.2 Å². The number of ether oxygens (including phenoxy) is 1. The lowest BCUT2D eigenvalue weighted by molar-refractivity contribution is -0.139. The maximum absolute atomic E-state index is 12.5. The summed E-state index contributed by atoms with van der Waals surface area (Å²) in [5.74, 6) is -0.849. The summed E-state index contributed by atoms with van der Waals surface area (Å²) < 4.78 is 28.9. The van der Waals surface area contributed by atoms with Crippen LogP contribution in [0.25, 0.3) is 0 Å². The van der Waals surface area contributed by atoms with Crippen molar-refractivity contribution in [1.82, 2.24) is 0 Å². The van der Waals surface area contributed by atoms with Crippen LogP contribution in [0.1, 0.15) is 19.8 Å². The molecule has 0 saturated carbocycles. The van der Waals surface area contributed by atoms with Crippen LogP contribution in [0, 0.1) is 0 Å². The third-order valence-electron chi connectivity index (χ3n) is 1.51. The Hall–Kier alpha value is -0.930. The van der Waals surface area contributed by atoms with Crippen LogP contribution in [0.2, 0.25) is 0 Å². The van der Waals surface area contributed by atoms with Gasteiger partial charge in [0, 0.05) is 0 Å². The minimum Gasteiger partial charge on any atom is -0.462 e. The van der Waals surface area contributed by atoms with E-state index >= 15 is 0 Å². The summed E-state index contributed by atoms with van der Waals surface area (Å²) in [5.41, 5.74) is -0.446. The van der Waals surface area contributed by atoms with E-state index in [2.05, 4.69) is 11.3 Å². The van der Waals surface area contributed by atoms with E-state index in [4.69, 9.17) is 0 Å². The molecule has 0 fully saturated rings. The number of carbonyl (C=O) groups is 1. The van der Waals surface area contributed by atoms with Gasteiger partial charge in [0.15, 0.2) is 6.17 Å². The summed E-state index contributed by atoms with van der Waals surface area (Å²) in [5, 5.41) is 0. The minimum absolute atomic E-state index is 0.230. The molecule has 4 heteroatoms. The van der Waals surface area contributed by atoms with Crippen molar-refractivity contribution in [1.29, 1.82) is 0 Å². The average molecular weight is 192 g/mol. The molecule has 0 aromatic heterocycles. The molecule has 2 nitrogen and oxygen atoms in total. The maximum atomic E-state index is 12.5.